The molecule has 1 aliphatic rings. The first kappa shape index (κ1) is 18.1. The first-order valence-electron chi connectivity index (χ1n) is 7.75. The fourth-order valence-corrected chi connectivity index (χ4v) is 4.34. The third-order valence-corrected chi connectivity index (χ3v) is 6.48. The van der Waals surface area contributed by atoms with Crippen molar-refractivity contribution < 1.29 is 4.92 Å². The van der Waals surface area contributed by atoms with Crippen molar-refractivity contribution >= 4 is 23.1 Å². The number of thiophene rings is 1. The SMILES string of the molecule is CCC(C)(N)c1ccc(CSCCNC2=C([N+](=O)[O-])CCN2)s1. The minimum Gasteiger partial charge on any atom is -0.366 e. The third-order valence-electron chi connectivity index (χ3n) is 3.92. The van der Waals surface area contributed by atoms with Gasteiger partial charge in [-0.1, -0.05) is 6.92 Å². The summed E-state index contributed by atoms with van der Waals surface area (Å²) in [6.45, 7) is 5.52. The van der Waals surface area contributed by atoms with Crippen molar-refractivity contribution in [2.45, 2.75) is 38.0 Å². The molecule has 1 aliphatic heterocycles. The van der Waals surface area contributed by atoms with E-state index in [0.29, 0.717) is 25.3 Å². The third kappa shape index (κ3) is 4.86. The highest BCUT2D eigenvalue weighted by Crippen LogP contribution is 2.30. The predicted octanol–water partition coefficient (Wildman–Crippen LogP) is 2.59. The van der Waals surface area contributed by atoms with Gasteiger partial charge >= 0.3 is 0 Å². The molecule has 128 valence electrons. The largest absolute Gasteiger partial charge is 0.366 e. The van der Waals surface area contributed by atoms with Crippen LogP contribution in [-0.4, -0.2) is 23.8 Å². The molecule has 1 atom stereocenters. The molecule has 4 N–H and O–H groups in total. The van der Waals surface area contributed by atoms with Crippen LogP contribution in [0.15, 0.2) is 23.7 Å². The number of hydrogen-bond donors (Lipinski definition) is 3. The van der Waals surface area contributed by atoms with Gasteiger partial charge < -0.3 is 16.4 Å². The lowest BCUT2D eigenvalue weighted by atomic mass is 9.99. The van der Waals surface area contributed by atoms with Crippen molar-refractivity contribution in [1.29, 1.82) is 0 Å². The quantitative estimate of drug-likeness (QED) is 0.358. The van der Waals surface area contributed by atoms with E-state index in [9.17, 15) is 10.1 Å². The molecule has 0 aromatic carbocycles. The highest BCUT2D eigenvalue weighted by molar-refractivity contribution is 7.98. The molecule has 0 radical (unpaired) electrons. The maximum Gasteiger partial charge on any atom is 0.287 e. The molecule has 1 unspecified atom stereocenters. The Morgan fingerprint density at radius 2 is 2.35 bits per heavy atom. The number of hydrogen-bond acceptors (Lipinski definition) is 7. The van der Waals surface area contributed by atoms with Crippen LogP contribution in [0.1, 0.15) is 36.4 Å². The molecular weight excluding hydrogens is 332 g/mol. The predicted molar refractivity (Wildman–Crippen MR) is 97.0 cm³/mol. The molecule has 1 aromatic heterocycles. The smallest absolute Gasteiger partial charge is 0.287 e. The lowest BCUT2D eigenvalue weighted by molar-refractivity contribution is -0.427. The minimum atomic E-state index is -0.305. The summed E-state index contributed by atoms with van der Waals surface area (Å²) in [6.07, 6.45) is 1.40. The second-order valence-corrected chi connectivity index (χ2v) is 8.05. The van der Waals surface area contributed by atoms with Crippen molar-refractivity contribution in [3.05, 3.63) is 43.5 Å². The number of nitrogens with one attached hydrogen (secondary N) is 2. The highest BCUT2D eigenvalue weighted by Gasteiger charge is 2.23. The Balaban J connectivity index is 1.72. The Bertz CT molecular complexity index is 584. The topological polar surface area (TPSA) is 93.2 Å². The molecule has 1 aromatic rings. The van der Waals surface area contributed by atoms with Crippen LogP contribution in [-0.2, 0) is 11.3 Å². The molecule has 8 heteroatoms. The van der Waals surface area contributed by atoms with E-state index in [2.05, 4.69) is 36.6 Å². The number of nitrogens with two attached hydrogens (primary N) is 1. The van der Waals surface area contributed by atoms with E-state index >= 15 is 0 Å². The van der Waals surface area contributed by atoms with Gasteiger partial charge in [0, 0.05) is 39.9 Å². The summed E-state index contributed by atoms with van der Waals surface area (Å²) in [6, 6.07) is 4.27. The van der Waals surface area contributed by atoms with Crippen molar-refractivity contribution in [3.63, 3.8) is 0 Å². The molecule has 6 nitrogen and oxygen atoms in total. The summed E-state index contributed by atoms with van der Waals surface area (Å²) in [5, 5.41) is 17.0. The molecule has 0 aliphatic carbocycles. The lowest BCUT2D eigenvalue weighted by Gasteiger charge is -2.20. The minimum absolute atomic E-state index is 0.241. The molecule has 2 heterocycles. The van der Waals surface area contributed by atoms with Crippen LogP contribution in [0, 0.1) is 10.1 Å². The van der Waals surface area contributed by atoms with Crippen LogP contribution in [0.5, 0.6) is 0 Å². The van der Waals surface area contributed by atoms with Crippen LogP contribution >= 0.6 is 23.1 Å². The van der Waals surface area contributed by atoms with Crippen LogP contribution in [0.25, 0.3) is 0 Å². The lowest BCUT2D eigenvalue weighted by Crippen LogP contribution is -2.30. The fourth-order valence-electron chi connectivity index (χ4n) is 2.24. The average molecular weight is 357 g/mol. The number of nitrogens with zero attached hydrogens (tertiary/aromatic N) is 1. The molecule has 0 bridgehead atoms. The highest BCUT2D eigenvalue weighted by atomic mass is 32.2. The van der Waals surface area contributed by atoms with Gasteiger partial charge in [-0.05, 0) is 25.5 Å². The van der Waals surface area contributed by atoms with Crippen molar-refractivity contribution in [1.82, 2.24) is 10.6 Å². The van der Waals surface area contributed by atoms with Crippen molar-refractivity contribution in [3.8, 4) is 0 Å². The van der Waals surface area contributed by atoms with E-state index in [1.807, 2.05) is 11.8 Å². The molecule has 0 spiro atoms. The van der Waals surface area contributed by atoms with E-state index in [-0.39, 0.29) is 16.2 Å². The number of thioether (sulfide) groups is 1. The molecule has 0 saturated heterocycles. The second-order valence-electron chi connectivity index (χ2n) is 5.77. The monoisotopic (exact) mass is 356 g/mol. The number of nitro groups is 1. The maximum absolute atomic E-state index is 10.8. The van der Waals surface area contributed by atoms with Crippen LogP contribution in [0.4, 0.5) is 0 Å². The van der Waals surface area contributed by atoms with E-state index in [0.717, 1.165) is 17.9 Å². The normalized spacial score (nSPS) is 17.0. The zero-order valence-corrected chi connectivity index (χ0v) is 15.2. The summed E-state index contributed by atoms with van der Waals surface area (Å²) in [5.41, 5.74) is 6.28. The van der Waals surface area contributed by atoms with Gasteiger partial charge in [-0.25, -0.2) is 0 Å². The first-order valence-corrected chi connectivity index (χ1v) is 9.72. The zero-order valence-electron chi connectivity index (χ0n) is 13.6. The van der Waals surface area contributed by atoms with Gasteiger partial charge in [-0.2, -0.15) is 11.8 Å². The zero-order chi connectivity index (χ0) is 16.9. The standard InChI is InChI=1S/C15H24N4O2S2/c1-3-15(2,16)13-5-4-11(23-13)10-22-9-8-18-14-12(19(20)21)6-7-17-14/h4-5,17-18H,3,6-10,16H2,1-2H3. The number of rotatable bonds is 9. The second kappa shape index (κ2) is 8.03. The summed E-state index contributed by atoms with van der Waals surface area (Å²) in [5.74, 6) is 2.42. The summed E-state index contributed by atoms with van der Waals surface area (Å²) in [4.78, 5) is 13.1. The average Bonchev–Trinajstić information content (AvgIpc) is 3.16. The van der Waals surface area contributed by atoms with Crippen LogP contribution in [0.2, 0.25) is 0 Å². The van der Waals surface area contributed by atoms with Gasteiger partial charge in [-0.3, -0.25) is 10.1 Å². The molecule has 0 amide bonds. The Kier molecular flexibility index (Phi) is 6.32. The molecular formula is C15H24N4O2S2. The van der Waals surface area contributed by atoms with Gasteiger partial charge in [-0.15, -0.1) is 11.3 Å². The van der Waals surface area contributed by atoms with Gasteiger partial charge in [0.05, 0.1) is 11.3 Å². The van der Waals surface area contributed by atoms with Crippen LogP contribution < -0.4 is 16.4 Å². The molecule has 0 saturated carbocycles. The van der Waals surface area contributed by atoms with Crippen LogP contribution in [0.3, 0.4) is 0 Å². The molecule has 23 heavy (non-hydrogen) atoms. The van der Waals surface area contributed by atoms with Gasteiger partial charge in [0.15, 0.2) is 5.82 Å². The van der Waals surface area contributed by atoms with E-state index in [1.165, 1.54) is 9.75 Å². The first-order chi connectivity index (χ1) is 10.9. The summed E-state index contributed by atoms with van der Waals surface area (Å²) >= 11 is 3.59. The molecule has 2 rings (SSSR count). The Morgan fingerprint density at radius 1 is 1.57 bits per heavy atom. The molecule has 0 fully saturated rings. The van der Waals surface area contributed by atoms with Gasteiger partial charge in [0.25, 0.3) is 5.70 Å². The Morgan fingerprint density at radius 3 is 3.04 bits per heavy atom. The fraction of sp³-hybridized carbons (Fsp3) is 0.600. The van der Waals surface area contributed by atoms with Crippen molar-refractivity contribution in [2.75, 3.05) is 18.8 Å². The van der Waals surface area contributed by atoms with Gasteiger partial charge in [0.1, 0.15) is 0 Å². The summed E-state index contributed by atoms with van der Waals surface area (Å²) in [7, 11) is 0. The van der Waals surface area contributed by atoms with E-state index in [1.54, 1.807) is 11.3 Å². The van der Waals surface area contributed by atoms with E-state index < -0.39 is 0 Å². The van der Waals surface area contributed by atoms with Gasteiger partial charge in [0.2, 0.25) is 0 Å². The maximum atomic E-state index is 10.8. The summed E-state index contributed by atoms with van der Waals surface area (Å²) < 4.78 is 0. The Hall–Kier alpha value is -1.25. The Labute approximate surface area is 145 Å². The van der Waals surface area contributed by atoms with Crippen molar-refractivity contribution in [2.24, 2.45) is 5.73 Å². The van der Waals surface area contributed by atoms with E-state index in [4.69, 9.17) is 5.73 Å².